The van der Waals surface area contributed by atoms with E-state index < -0.39 is 10.0 Å². The zero-order chi connectivity index (χ0) is 15.8. The summed E-state index contributed by atoms with van der Waals surface area (Å²) in [5, 5.41) is 6.76. The second-order valence-electron chi connectivity index (χ2n) is 7.00. The van der Waals surface area contributed by atoms with Crippen LogP contribution >= 0.6 is 0 Å². The fourth-order valence-corrected chi connectivity index (χ4v) is 4.60. The van der Waals surface area contributed by atoms with Gasteiger partial charge in [0.25, 0.3) is 0 Å². The normalized spacial score (nSPS) is 19.1. The Hall–Kier alpha value is -0.920. The molecule has 0 spiro atoms. The number of hydrogen-bond donors (Lipinski definition) is 1. The summed E-state index contributed by atoms with van der Waals surface area (Å²) >= 11 is 0. The van der Waals surface area contributed by atoms with E-state index in [9.17, 15) is 8.42 Å². The van der Waals surface area contributed by atoms with Crippen molar-refractivity contribution in [3.63, 3.8) is 0 Å². The van der Waals surface area contributed by atoms with Crippen molar-refractivity contribution in [1.29, 1.82) is 0 Å². The zero-order valence-electron chi connectivity index (χ0n) is 13.6. The van der Waals surface area contributed by atoms with Gasteiger partial charge >= 0.3 is 0 Å². The van der Waals surface area contributed by atoms with E-state index in [1.54, 1.807) is 18.2 Å². The number of sulfonamides is 1. The minimum atomic E-state index is -3.43. The summed E-state index contributed by atoms with van der Waals surface area (Å²) in [6, 6.07) is 0. The SMILES string of the molecule is Cc1n[nH]c(C)c1S(=O)(=O)N1CCN(CC(C)(C)C)CC1. The van der Waals surface area contributed by atoms with Gasteiger partial charge in [-0.25, -0.2) is 8.42 Å². The summed E-state index contributed by atoms with van der Waals surface area (Å²) in [6.45, 7) is 13.7. The van der Waals surface area contributed by atoms with Gasteiger partial charge in [0, 0.05) is 32.7 Å². The molecule has 0 bridgehead atoms. The molecule has 0 aromatic carbocycles. The average molecular weight is 314 g/mol. The molecule has 0 radical (unpaired) electrons. The number of nitrogens with one attached hydrogen (secondary N) is 1. The molecule has 2 rings (SSSR count). The molecule has 0 atom stereocenters. The second-order valence-corrected chi connectivity index (χ2v) is 8.88. The van der Waals surface area contributed by atoms with Crippen molar-refractivity contribution in [1.82, 2.24) is 19.4 Å². The van der Waals surface area contributed by atoms with Crippen molar-refractivity contribution in [2.75, 3.05) is 32.7 Å². The van der Waals surface area contributed by atoms with Crippen LogP contribution in [-0.4, -0.2) is 60.5 Å². The van der Waals surface area contributed by atoms with Gasteiger partial charge in [-0.1, -0.05) is 20.8 Å². The highest BCUT2D eigenvalue weighted by atomic mass is 32.2. The molecule has 1 aromatic rings. The molecule has 0 unspecified atom stereocenters. The number of hydrogen-bond acceptors (Lipinski definition) is 4. The largest absolute Gasteiger partial charge is 0.300 e. The van der Waals surface area contributed by atoms with Gasteiger partial charge in [0.2, 0.25) is 10.0 Å². The van der Waals surface area contributed by atoms with Crippen LogP contribution in [0.4, 0.5) is 0 Å². The van der Waals surface area contributed by atoms with Crippen LogP contribution in [0.2, 0.25) is 0 Å². The third-order valence-corrected chi connectivity index (χ3v) is 5.85. The second kappa shape index (κ2) is 5.70. The molecule has 0 amide bonds. The van der Waals surface area contributed by atoms with Crippen molar-refractivity contribution in [2.45, 2.75) is 39.5 Å². The number of aromatic amines is 1. The lowest BCUT2D eigenvalue weighted by Gasteiger charge is -2.37. The van der Waals surface area contributed by atoms with E-state index in [0.29, 0.717) is 29.4 Å². The first-order valence-electron chi connectivity index (χ1n) is 7.35. The standard InChI is InChI=1S/C14H26N4O2S/c1-11-13(12(2)16-15-11)21(19,20)18-8-6-17(7-9-18)10-14(3,4)5/h6-10H2,1-5H3,(H,15,16). The van der Waals surface area contributed by atoms with Crippen LogP contribution in [-0.2, 0) is 10.0 Å². The maximum absolute atomic E-state index is 12.7. The van der Waals surface area contributed by atoms with E-state index in [-0.39, 0.29) is 5.41 Å². The summed E-state index contributed by atoms with van der Waals surface area (Å²) in [5.41, 5.74) is 1.40. The van der Waals surface area contributed by atoms with Gasteiger partial charge in [-0.3, -0.25) is 5.10 Å². The van der Waals surface area contributed by atoms with E-state index in [4.69, 9.17) is 0 Å². The number of H-pyrrole nitrogens is 1. The summed E-state index contributed by atoms with van der Waals surface area (Å²) in [4.78, 5) is 2.67. The Balaban J connectivity index is 2.08. The Morgan fingerprint density at radius 1 is 1.14 bits per heavy atom. The molecule has 6 nitrogen and oxygen atoms in total. The summed E-state index contributed by atoms with van der Waals surface area (Å²) < 4.78 is 27.0. The molecule has 21 heavy (non-hydrogen) atoms. The minimum absolute atomic E-state index is 0.235. The topological polar surface area (TPSA) is 69.3 Å². The molecular weight excluding hydrogens is 288 g/mol. The molecule has 1 aromatic heterocycles. The lowest BCUT2D eigenvalue weighted by Crippen LogP contribution is -2.50. The predicted molar refractivity (Wildman–Crippen MR) is 82.7 cm³/mol. The summed E-state index contributed by atoms with van der Waals surface area (Å²) in [6.07, 6.45) is 0. The number of aryl methyl sites for hydroxylation is 2. The first-order chi connectivity index (χ1) is 9.61. The molecule has 1 N–H and O–H groups in total. The van der Waals surface area contributed by atoms with Crippen LogP contribution in [0.15, 0.2) is 4.90 Å². The molecule has 7 heteroatoms. The van der Waals surface area contributed by atoms with Crippen LogP contribution in [0, 0.1) is 19.3 Å². The highest BCUT2D eigenvalue weighted by molar-refractivity contribution is 7.89. The molecule has 1 fully saturated rings. The molecule has 0 aliphatic carbocycles. The molecule has 1 aliphatic heterocycles. The lowest BCUT2D eigenvalue weighted by molar-refractivity contribution is 0.141. The Bertz CT molecular complexity index is 573. The predicted octanol–water partition coefficient (Wildman–Crippen LogP) is 1.38. The molecule has 120 valence electrons. The Morgan fingerprint density at radius 2 is 1.71 bits per heavy atom. The molecular formula is C14H26N4O2S. The lowest BCUT2D eigenvalue weighted by atomic mass is 9.96. The smallest absolute Gasteiger partial charge is 0.246 e. The Kier molecular flexibility index (Phi) is 4.46. The van der Waals surface area contributed by atoms with Gasteiger partial charge in [-0.05, 0) is 19.3 Å². The summed E-state index contributed by atoms with van der Waals surface area (Å²) in [5.74, 6) is 0. The van der Waals surface area contributed by atoms with Gasteiger partial charge in [0.1, 0.15) is 4.90 Å². The zero-order valence-corrected chi connectivity index (χ0v) is 14.4. The van der Waals surface area contributed by atoms with E-state index in [1.165, 1.54) is 0 Å². The van der Waals surface area contributed by atoms with E-state index >= 15 is 0 Å². The first kappa shape index (κ1) is 16.5. The van der Waals surface area contributed by atoms with Crippen molar-refractivity contribution in [2.24, 2.45) is 5.41 Å². The maximum Gasteiger partial charge on any atom is 0.246 e. The van der Waals surface area contributed by atoms with E-state index in [2.05, 4.69) is 35.9 Å². The first-order valence-corrected chi connectivity index (χ1v) is 8.79. The van der Waals surface area contributed by atoms with Gasteiger partial charge < -0.3 is 4.90 Å². The van der Waals surface area contributed by atoms with Crippen LogP contribution in [0.3, 0.4) is 0 Å². The van der Waals surface area contributed by atoms with Crippen molar-refractivity contribution >= 4 is 10.0 Å². The molecule has 2 heterocycles. The van der Waals surface area contributed by atoms with Crippen LogP contribution in [0.5, 0.6) is 0 Å². The number of nitrogens with zero attached hydrogens (tertiary/aromatic N) is 3. The van der Waals surface area contributed by atoms with Gasteiger partial charge in [0.05, 0.1) is 11.4 Å². The van der Waals surface area contributed by atoms with Gasteiger partial charge in [0.15, 0.2) is 0 Å². The third kappa shape index (κ3) is 3.64. The quantitative estimate of drug-likeness (QED) is 0.915. The number of rotatable bonds is 3. The van der Waals surface area contributed by atoms with E-state index in [1.807, 2.05) is 0 Å². The molecule has 0 saturated carbocycles. The third-order valence-electron chi connectivity index (χ3n) is 3.69. The fourth-order valence-electron chi connectivity index (χ4n) is 2.85. The van der Waals surface area contributed by atoms with Crippen molar-refractivity contribution in [3.05, 3.63) is 11.4 Å². The monoisotopic (exact) mass is 314 g/mol. The number of aromatic nitrogens is 2. The van der Waals surface area contributed by atoms with Gasteiger partial charge in [-0.2, -0.15) is 9.40 Å². The van der Waals surface area contributed by atoms with Gasteiger partial charge in [-0.15, -0.1) is 0 Å². The Labute approximate surface area is 127 Å². The molecule has 1 aliphatic rings. The maximum atomic E-state index is 12.7. The van der Waals surface area contributed by atoms with Crippen molar-refractivity contribution < 1.29 is 8.42 Å². The summed E-state index contributed by atoms with van der Waals surface area (Å²) in [7, 11) is -3.43. The Morgan fingerprint density at radius 3 is 2.14 bits per heavy atom. The highest BCUT2D eigenvalue weighted by Crippen LogP contribution is 2.23. The van der Waals surface area contributed by atoms with E-state index in [0.717, 1.165) is 19.6 Å². The molecule has 1 saturated heterocycles. The number of piperazine rings is 1. The minimum Gasteiger partial charge on any atom is -0.300 e. The average Bonchev–Trinajstić information content (AvgIpc) is 2.68. The highest BCUT2D eigenvalue weighted by Gasteiger charge is 2.32. The fraction of sp³-hybridized carbons (Fsp3) is 0.786. The van der Waals surface area contributed by atoms with Crippen LogP contribution < -0.4 is 0 Å². The van der Waals surface area contributed by atoms with Crippen LogP contribution in [0.1, 0.15) is 32.2 Å². The van der Waals surface area contributed by atoms with Crippen LogP contribution in [0.25, 0.3) is 0 Å². The van der Waals surface area contributed by atoms with Crippen molar-refractivity contribution in [3.8, 4) is 0 Å².